The Morgan fingerprint density at radius 3 is 2.48 bits per heavy atom. The summed E-state index contributed by atoms with van der Waals surface area (Å²) in [7, 11) is 1.52. The summed E-state index contributed by atoms with van der Waals surface area (Å²) in [6.45, 7) is -0.0570. The van der Waals surface area contributed by atoms with Crippen molar-refractivity contribution in [2.24, 2.45) is 0 Å². The average molecular weight is 292 g/mol. The Balaban J connectivity index is 1.96. The van der Waals surface area contributed by atoms with Crippen LogP contribution >= 0.6 is 0 Å². The molecule has 2 aromatic carbocycles. The molecule has 0 radical (unpaired) electrons. The summed E-state index contributed by atoms with van der Waals surface area (Å²) in [5.74, 6) is -1.32. The fourth-order valence-electron chi connectivity index (χ4n) is 1.80. The molecule has 0 unspecified atom stereocenters. The molecular weight excluding hydrogens is 278 g/mol. The number of para-hydroxylation sites is 2. The molecule has 0 heterocycles. The topological polar surface area (TPSA) is 50.4 Å². The maximum absolute atomic E-state index is 13.0. The van der Waals surface area contributed by atoms with Gasteiger partial charge in [-0.2, -0.15) is 0 Å². The van der Waals surface area contributed by atoms with Crippen LogP contribution in [0.4, 0.5) is 20.2 Å². The third kappa shape index (κ3) is 4.17. The summed E-state index contributed by atoms with van der Waals surface area (Å²) >= 11 is 0. The van der Waals surface area contributed by atoms with Gasteiger partial charge < -0.3 is 15.4 Å². The number of carbonyl (C=O) groups is 1. The number of hydrogen-bond donors (Lipinski definition) is 2. The van der Waals surface area contributed by atoms with Gasteiger partial charge in [0.2, 0.25) is 5.91 Å². The maximum Gasteiger partial charge on any atom is 0.243 e. The third-order valence-corrected chi connectivity index (χ3v) is 2.69. The van der Waals surface area contributed by atoms with Gasteiger partial charge in [0.05, 0.1) is 19.3 Å². The minimum absolute atomic E-state index is 0.0570. The molecule has 2 N–H and O–H groups in total. The zero-order valence-corrected chi connectivity index (χ0v) is 11.3. The minimum Gasteiger partial charge on any atom is -0.495 e. The Bertz CT molecular complexity index is 627. The van der Waals surface area contributed by atoms with Crippen molar-refractivity contribution in [1.82, 2.24) is 0 Å². The first kappa shape index (κ1) is 14.8. The van der Waals surface area contributed by atoms with Crippen LogP contribution in [0.3, 0.4) is 0 Å². The lowest BCUT2D eigenvalue weighted by Crippen LogP contribution is -2.22. The number of hydrogen-bond acceptors (Lipinski definition) is 3. The van der Waals surface area contributed by atoms with Crippen molar-refractivity contribution in [1.29, 1.82) is 0 Å². The number of halogens is 2. The minimum atomic E-state index is -0.747. The van der Waals surface area contributed by atoms with Crippen molar-refractivity contribution >= 4 is 17.3 Å². The SMILES string of the molecule is COc1ccccc1NCC(=O)Nc1cc(F)cc(F)c1. The second kappa shape index (κ2) is 6.69. The molecule has 0 aliphatic rings. The van der Waals surface area contributed by atoms with Gasteiger partial charge in [-0.05, 0) is 24.3 Å². The second-order valence-electron chi connectivity index (χ2n) is 4.26. The number of anilines is 2. The van der Waals surface area contributed by atoms with Gasteiger partial charge in [-0.25, -0.2) is 8.78 Å². The van der Waals surface area contributed by atoms with Crippen molar-refractivity contribution in [3.63, 3.8) is 0 Å². The molecular formula is C15H14F2N2O2. The van der Waals surface area contributed by atoms with Crippen LogP contribution in [0.5, 0.6) is 5.75 Å². The van der Waals surface area contributed by atoms with Crippen LogP contribution in [-0.4, -0.2) is 19.6 Å². The standard InChI is InChI=1S/C15H14F2N2O2/c1-21-14-5-3-2-4-13(14)18-9-15(20)19-12-7-10(16)6-11(17)8-12/h2-8,18H,9H2,1H3,(H,19,20). The highest BCUT2D eigenvalue weighted by Gasteiger charge is 2.07. The van der Waals surface area contributed by atoms with Crippen molar-refractivity contribution in [3.05, 3.63) is 54.1 Å². The predicted molar refractivity (Wildman–Crippen MR) is 76.5 cm³/mol. The Labute approximate surface area is 120 Å². The molecule has 0 saturated carbocycles. The normalized spacial score (nSPS) is 10.0. The first-order valence-corrected chi connectivity index (χ1v) is 6.21. The number of ether oxygens (including phenoxy) is 1. The van der Waals surface area contributed by atoms with E-state index < -0.39 is 17.5 Å². The number of methoxy groups -OCH3 is 1. The Hall–Kier alpha value is -2.63. The monoisotopic (exact) mass is 292 g/mol. The van der Waals surface area contributed by atoms with Gasteiger partial charge in [-0.15, -0.1) is 0 Å². The Morgan fingerprint density at radius 2 is 1.81 bits per heavy atom. The summed E-state index contributed by atoms with van der Waals surface area (Å²) < 4.78 is 31.1. The fraction of sp³-hybridized carbons (Fsp3) is 0.133. The lowest BCUT2D eigenvalue weighted by molar-refractivity contribution is -0.114. The summed E-state index contributed by atoms with van der Waals surface area (Å²) in [6.07, 6.45) is 0. The zero-order valence-electron chi connectivity index (χ0n) is 11.3. The first-order valence-electron chi connectivity index (χ1n) is 6.21. The zero-order chi connectivity index (χ0) is 15.2. The summed E-state index contributed by atoms with van der Waals surface area (Å²) in [5.41, 5.74) is 0.722. The number of carbonyl (C=O) groups excluding carboxylic acids is 1. The molecule has 0 spiro atoms. The quantitative estimate of drug-likeness (QED) is 0.890. The molecule has 0 fully saturated rings. The summed E-state index contributed by atoms with van der Waals surface area (Å²) in [6, 6.07) is 9.94. The van der Waals surface area contributed by atoms with Crippen molar-refractivity contribution < 1.29 is 18.3 Å². The third-order valence-electron chi connectivity index (χ3n) is 2.69. The lowest BCUT2D eigenvalue weighted by atomic mass is 10.3. The van der Waals surface area contributed by atoms with E-state index in [4.69, 9.17) is 4.74 Å². The van der Waals surface area contributed by atoms with E-state index in [-0.39, 0.29) is 12.2 Å². The Kier molecular flexibility index (Phi) is 4.71. The van der Waals surface area contributed by atoms with Crippen LogP contribution in [0.25, 0.3) is 0 Å². The van der Waals surface area contributed by atoms with Crippen LogP contribution in [0.2, 0.25) is 0 Å². The smallest absolute Gasteiger partial charge is 0.243 e. The van der Waals surface area contributed by atoms with Crippen molar-refractivity contribution in [2.75, 3.05) is 24.3 Å². The largest absolute Gasteiger partial charge is 0.495 e. The van der Waals surface area contributed by atoms with E-state index in [1.807, 2.05) is 0 Å². The lowest BCUT2D eigenvalue weighted by Gasteiger charge is -2.11. The van der Waals surface area contributed by atoms with Crippen LogP contribution in [0, 0.1) is 11.6 Å². The van der Waals surface area contributed by atoms with Gasteiger partial charge in [0.25, 0.3) is 0 Å². The predicted octanol–water partition coefficient (Wildman–Crippen LogP) is 3.02. The van der Waals surface area contributed by atoms with E-state index >= 15 is 0 Å². The van der Waals surface area contributed by atoms with E-state index in [9.17, 15) is 13.6 Å². The van der Waals surface area contributed by atoms with Gasteiger partial charge in [0, 0.05) is 11.8 Å². The number of amides is 1. The molecule has 4 nitrogen and oxygen atoms in total. The highest BCUT2D eigenvalue weighted by molar-refractivity contribution is 5.93. The molecule has 0 aliphatic carbocycles. The van der Waals surface area contributed by atoms with Gasteiger partial charge in [0.15, 0.2) is 0 Å². The van der Waals surface area contributed by atoms with Crippen molar-refractivity contribution in [3.8, 4) is 5.75 Å². The van der Waals surface area contributed by atoms with Crippen LogP contribution < -0.4 is 15.4 Å². The molecule has 110 valence electrons. The summed E-state index contributed by atoms with van der Waals surface area (Å²) in [5, 5.41) is 5.30. The molecule has 0 saturated heterocycles. The van der Waals surface area contributed by atoms with Crippen molar-refractivity contribution in [2.45, 2.75) is 0 Å². The van der Waals surface area contributed by atoms with E-state index in [2.05, 4.69) is 10.6 Å². The van der Waals surface area contributed by atoms with Crippen LogP contribution in [-0.2, 0) is 4.79 Å². The molecule has 2 rings (SSSR count). The molecule has 0 aromatic heterocycles. The first-order chi connectivity index (χ1) is 10.1. The molecule has 21 heavy (non-hydrogen) atoms. The highest BCUT2D eigenvalue weighted by atomic mass is 19.1. The highest BCUT2D eigenvalue weighted by Crippen LogP contribution is 2.22. The molecule has 6 heteroatoms. The second-order valence-corrected chi connectivity index (χ2v) is 4.26. The molecule has 0 atom stereocenters. The number of benzene rings is 2. The van der Waals surface area contributed by atoms with Gasteiger partial charge in [0.1, 0.15) is 17.4 Å². The van der Waals surface area contributed by atoms with Gasteiger partial charge in [-0.3, -0.25) is 4.79 Å². The van der Waals surface area contributed by atoms with Gasteiger partial charge in [-0.1, -0.05) is 12.1 Å². The Morgan fingerprint density at radius 1 is 1.14 bits per heavy atom. The number of rotatable bonds is 5. The summed E-state index contributed by atoms with van der Waals surface area (Å²) in [4.78, 5) is 11.7. The van der Waals surface area contributed by atoms with Crippen LogP contribution in [0.1, 0.15) is 0 Å². The number of nitrogens with one attached hydrogen (secondary N) is 2. The average Bonchev–Trinajstić information content (AvgIpc) is 2.44. The molecule has 1 amide bonds. The fourth-order valence-corrected chi connectivity index (χ4v) is 1.80. The van der Waals surface area contributed by atoms with E-state index in [1.165, 1.54) is 7.11 Å². The van der Waals surface area contributed by atoms with E-state index in [0.29, 0.717) is 11.4 Å². The molecule has 0 aliphatic heterocycles. The van der Waals surface area contributed by atoms with Crippen LogP contribution in [0.15, 0.2) is 42.5 Å². The van der Waals surface area contributed by atoms with E-state index in [1.54, 1.807) is 24.3 Å². The van der Waals surface area contributed by atoms with Gasteiger partial charge >= 0.3 is 0 Å². The maximum atomic E-state index is 13.0. The molecule has 0 bridgehead atoms. The van der Waals surface area contributed by atoms with E-state index in [0.717, 1.165) is 18.2 Å². The molecule has 2 aromatic rings.